The highest BCUT2D eigenvalue weighted by Crippen LogP contribution is 2.36. The maximum Gasteiger partial charge on any atom is 0.266 e. The van der Waals surface area contributed by atoms with Crippen molar-refractivity contribution in [2.45, 2.75) is 46.4 Å². The van der Waals surface area contributed by atoms with Crippen LogP contribution in [0.4, 0.5) is 0 Å². The molecule has 0 aromatic heterocycles. The predicted molar refractivity (Wildman–Crippen MR) is 130 cm³/mol. The van der Waals surface area contributed by atoms with Crippen molar-refractivity contribution >= 4 is 56.4 Å². The summed E-state index contributed by atoms with van der Waals surface area (Å²) in [5, 5.41) is 1.44. The van der Waals surface area contributed by atoms with Crippen LogP contribution in [0.1, 0.15) is 38.8 Å². The van der Waals surface area contributed by atoms with Gasteiger partial charge in [-0.2, -0.15) is 0 Å². The molecule has 0 unspecified atom stereocenters. The number of amidine groups is 1. The normalized spacial score (nSPS) is 17.1. The number of aliphatic imine (C=N–C) groups is 1. The van der Waals surface area contributed by atoms with Crippen molar-refractivity contribution in [3.63, 3.8) is 0 Å². The van der Waals surface area contributed by atoms with E-state index >= 15 is 0 Å². The van der Waals surface area contributed by atoms with Crippen molar-refractivity contribution in [3.8, 4) is 5.75 Å². The summed E-state index contributed by atoms with van der Waals surface area (Å²) < 4.78 is 6.97. The minimum Gasteiger partial charge on any atom is -0.488 e. The number of carbonyl (C=O) groups excluding carboxylic acids is 1. The van der Waals surface area contributed by atoms with Crippen molar-refractivity contribution in [3.05, 3.63) is 68.0 Å². The standard InChI is InChI=1S/C23H24BrClN2O2S/c1-14(2)26-23-27(15(3)4)22(28)21(30-23)12-17-11-18(24)7-10-20(17)29-13-16-5-8-19(25)9-6-16/h5-12,14-15H,13H2,1-4H3/b21-12+,26-23?. The molecule has 1 amide bonds. The van der Waals surface area contributed by atoms with E-state index < -0.39 is 0 Å². The summed E-state index contributed by atoms with van der Waals surface area (Å²) in [6.07, 6.45) is 1.88. The summed E-state index contributed by atoms with van der Waals surface area (Å²) in [5.74, 6) is 0.678. The third-order valence-corrected chi connectivity index (χ3v) is 6.03. The number of ether oxygens (including phenoxy) is 1. The van der Waals surface area contributed by atoms with Gasteiger partial charge in [-0.05, 0) is 81.4 Å². The number of carbonyl (C=O) groups is 1. The average Bonchev–Trinajstić information content (AvgIpc) is 2.97. The van der Waals surface area contributed by atoms with E-state index in [1.165, 1.54) is 11.8 Å². The maximum absolute atomic E-state index is 13.0. The largest absolute Gasteiger partial charge is 0.488 e. The molecule has 0 bridgehead atoms. The molecule has 0 N–H and O–H groups in total. The number of halogens is 2. The molecular weight excluding hydrogens is 484 g/mol. The monoisotopic (exact) mass is 506 g/mol. The second-order valence-electron chi connectivity index (χ2n) is 7.48. The lowest BCUT2D eigenvalue weighted by atomic mass is 10.1. The first kappa shape index (κ1) is 22.9. The van der Waals surface area contributed by atoms with Gasteiger partial charge in [0.1, 0.15) is 12.4 Å². The van der Waals surface area contributed by atoms with Gasteiger partial charge in [0.15, 0.2) is 5.17 Å². The molecule has 7 heteroatoms. The van der Waals surface area contributed by atoms with Crippen molar-refractivity contribution < 1.29 is 9.53 Å². The van der Waals surface area contributed by atoms with Crippen LogP contribution in [0.2, 0.25) is 5.02 Å². The zero-order valence-corrected chi connectivity index (χ0v) is 20.5. The van der Waals surface area contributed by atoms with Crippen LogP contribution in [0.25, 0.3) is 6.08 Å². The number of amides is 1. The number of thioether (sulfide) groups is 1. The van der Waals surface area contributed by atoms with Crippen LogP contribution < -0.4 is 4.74 Å². The van der Waals surface area contributed by atoms with E-state index in [1.807, 2.05) is 76.2 Å². The molecule has 30 heavy (non-hydrogen) atoms. The van der Waals surface area contributed by atoms with E-state index in [2.05, 4.69) is 20.9 Å². The van der Waals surface area contributed by atoms with E-state index in [9.17, 15) is 4.79 Å². The van der Waals surface area contributed by atoms with Gasteiger partial charge in [-0.15, -0.1) is 0 Å². The minimum atomic E-state index is -0.0296. The van der Waals surface area contributed by atoms with Crippen LogP contribution in [0.3, 0.4) is 0 Å². The fourth-order valence-electron chi connectivity index (χ4n) is 2.90. The zero-order chi connectivity index (χ0) is 21.8. The summed E-state index contributed by atoms with van der Waals surface area (Å²) in [5.41, 5.74) is 1.85. The fraction of sp³-hybridized carbons (Fsp3) is 0.304. The smallest absolute Gasteiger partial charge is 0.266 e. The van der Waals surface area contributed by atoms with E-state index in [0.29, 0.717) is 22.3 Å². The first-order valence-corrected chi connectivity index (χ1v) is 11.7. The molecule has 0 radical (unpaired) electrons. The van der Waals surface area contributed by atoms with Crippen molar-refractivity contribution in [1.29, 1.82) is 0 Å². The minimum absolute atomic E-state index is 0.0296. The molecule has 2 aromatic carbocycles. The lowest BCUT2D eigenvalue weighted by Gasteiger charge is -2.20. The van der Waals surface area contributed by atoms with Crippen LogP contribution in [-0.2, 0) is 11.4 Å². The van der Waals surface area contributed by atoms with Crippen LogP contribution >= 0.6 is 39.3 Å². The molecule has 1 saturated heterocycles. The molecule has 3 rings (SSSR count). The molecule has 158 valence electrons. The Hall–Kier alpha value is -1.76. The zero-order valence-electron chi connectivity index (χ0n) is 17.4. The van der Waals surface area contributed by atoms with Gasteiger partial charge < -0.3 is 4.74 Å². The second kappa shape index (κ2) is 10.0. The molecule has 1 heterocycles. The van der Waals surface area contributed by atoms with Gasteiger partial charge in [0, 0.05) is 27.1 Å². The Balaban J connectivity index is 1.89. The topological polar surface area (TPSA) is 41.9 Å². The third kappa shape index (κ3) is 5.68. The highest BCUT2D eigenvalue weighted by molar-refractivity contribution is 9.10. The summed E-state index contributed by atoms with van der Waals surface area (Å²) in [6, 6.07) is 13.5. The van der Waals surface area contributed by atoms with E-state index in [1.54, 1.807) is 4.90 Å². The van der Waals surface area contributed by atoms with Crippen LogP contribution in [-0.4, -0.2) is 28.1 Å². The van der Waals surface area contributed by atoms with Gasteiger partial charge in [0.2, 0.25) is 0 Å². The van der Waals surface area contributed by atoms with E-state index in [-0.39, 0.29) is 18.0 Å². The molecule has 1 fully saturated rings. The molecule has 0 saturated carbocycles. The van der Waals surface area contributed by atoms with Gasteiger partial charge in [0.05, 0.1) is 4.91 Å². The molecule has 0 aliphatic carbocycles. The Bertz CT molecular complexity index is 987. The van der Waals surface area contributed by atoms with Crippen LogP contribution in [0.5, 0.6) is 5.75 Å². The van der Waals surface area contributed by atoms with Crippen LogP contribution in [0, 0.1) is 0 Å². The number of rotatable bonds is 6. The number of hydrogen-bond acceptors (Lipinski definition) is 4. The number of nitrogens with zero attached hydrogens (tertiary/aromatic N) is 2. The summed E-state index contributed by atoms with van der Waals surface area (Å²) in [4.78, 5) is 20.1. The molecule has 0 atom stereocenters. The molecule has 1 aliphatic rings. The molecule has 0 spiro atoms. The van der Waals surface area contributed by atoms with E-state index in [4.69, 9.17) is 16.3 Å². The lowest BCUT2D eigenvalue weighted by molar-refractivity contribution is -0.123. The summed E-state index contributed by atoms with van der Waals surface area (Å²) in [7, 11) is 0. The maximum atomic E-state index is 13.0. The molecule has 4 nitrogen and oxygen atoms in total. The Morgan fingerprint density at radius 3 is 2.50 bits per heavy atom. The SMILES string of the molecule is CC(C)N=C1S/C(=C/c2cc(Br)ccc2OCc2ccc(Cl)cc2)C(=O)N1C(C)C. The first-order chi connectivity index (χ1) is 14.2. The van der Waals surface area contributed by atoms with Crippen molar-refractivity contribution in [2.75, 3.05) is 0 Å². The summed E-state index contributed by atoms with van der Waals surface area (Å²) in [6.45, 7) is 8.42. The van der Waals surface area contributed by atoms with Gasteiger partial charge in [-0.3, -0.25) is 14.7 Å². The highest BCUT2D eigenvalue weighted by atomic mass is 79.9. The van der Waals surface area contributed by atoms with Gasteiger partial charge in [0.25, 0.3) is 5.91 Å². The first-order valence-electron chi connectivity index (χ1n) is 9.72. The number of benzene rings is 2. The van der Waals surface area contributed by atoms with Gasteiger partial charge in [-0.25, -0.2) is 0 Å². The fourth-order valence-corrected chi connectivity index (χ4v) is 4.63. The quantitative estimate of drug-likeness (QED) is 0.405. The Labute approximate surface area is 195 Å². The molecule has 1 aliphatic heterocycles. The highest BCUT2D eigenvalue weighted by Gasteiger charge is 2.35. The Kier molecular flexibility index (Phi) is 7.66. The van der Waals surface area contributed by atoms with Gasteiger partial charge in [-0.1, -0.05) is 39.7 Å². The second-order valence-corrected chi connectivity index (χ2v) is 9.84. The summed E-state index contributed by atoms with van der Waals surface area (Å²) >= 11 is 10.9. The Morgan fingerprint density at radius 2 is 1.87 bits per heavy atom. The lowest BCUT2D eigenvalue weighted by Crippen LogP contribution is -2.35. The van der Waals surface area contributed by atoms with Crippen LogP contribution in [0.15, 0.2) is 56.8 Å². The average molecular weight is 508 g/mol. The van der Waals surface area contributed by atoms with E-state index in [0.717, 1.165) is 20.8 Å². The number of hydrogen-bond donors (Lipinski definition) is 0. The molecular formula is C23H24BrClN2O2S. The Morgan fingerprint density at radius 1 is 1.17 bits per heavy atom. The van der Waals surface area contributed by atoms with Crippen molar-refractivity contribution in [1.82, 2.24) is 4.90 Å². The predicted octanol–water partition coefficient (Wildman–Crippen LogP) is 6.77. The molecule has 2 aromatic rings. The third-order valence-electron chi connectivity index (χ3n) is 4.29. The van der Waals surface area contributed by atoms with Gasteiger partial charge >= 0.3 is 0 Å². The van der Waals surface area contributed by atoms with Crippen molar-refractivity contribution in [2.24, 2.45) is 4.99 Å².